The number of aromatic nitrogens is 3. The first-order valence-corrected chi connectivity index (χ1v) is 11.8. The number of benzene rings is 1. The number of rotatable bonds is 8. The molecule has 0 radical (unpaired) electrons. The molecular formula is C25H24Cl2N4O5. The number of anilines is 1. The molecule has 36 heavy (non-hydrogen) atoms. The first-order chi connectivity index (χ1) is 17.2. The highest BCUT2D eigenvalue weighted by Gasteiger charge is 2.34. The van der Waals surface area contributed by atoms with Gasteiger partial charge in [-0.15, -0.1) is 0 Å². The van der Waals surface area contributed by atoms with E-state index in [9.17, 15) is 14.4 Å². The molecular weight excluding hydrogens is 507 g/mol. The number of nitrogens with zero attached hydrogens (tertiary/aromatic N) is 3. The number of halogens is 2. The number of hydrogen-bond acceptors (Lipinski definition) is 8. The van der Waals surface area contributed by atoms with Crippen molar-refractivity contribution in [1.82, 2.24) is 14.5 Å². The lowest BCUT2D eigenvalue weighted by Gasteiger charge is -2.19. The predicted molar refractivity (Wildman–Crippen MR) is 138 cm³/mol. The SMILES string of the molecule is C=CC(=O)CC1CC(=O)CC1Nc1ncc2cc(-c3c(Cl)c(OC)cc(OC)c3Cl)c(=O)n(C)c2n1. The van der Waals surface area contributed by atoms with Crippen molar-refractivity contribution in [2.24, 2.45) is 13.0 Å². The van der Waals surface area contributed by atoms with Gasteiger partial charge >= 0.3 is 0 Å². The summed E-state index contributed by atoms with van der Waals surface area (Å²) in [7, 11) is 4.48. The number of pyridine rings is 1. The minimum atomic E-state index is -0.392. The van der Waals surface area contributed by atoms with Gasteiger partial charge in [0.15, 0.2) is 5.78 Å². The van der Waals surface area contributed by atoms with Crippen LogP contribution < -0.4 is 20.3 Å². The summed E-state index contributed by atoms with van der Waals surface area (Å²) in [6.07, 6.45) is 3.61. The molecule has 2 atom stereocenters. The molecule has 1 aromatic carbocycles. The lowest BCUT2D eigenvalue weighted by molar-refractivity contribution is -0.117. The molecule has 1 fully saturated rings. The third kappa shape index (κ3) is 4.68. The zero-order valence-corrected chi connectivity index (χ0v) is 21.4. The molecule has 3 aromatic rings. The van der Waals surface area contributed by atoms with Gasteiger partial charge in [-0.05, 0) is 18.1 Å². The van der Waals surface area contributed by atoms with Crippen LogP contribution in [-0.2, 0) is 16.6 Å². The summed E-state index contributed by atoms with van der Waals surface area (Å²) in [6, 6.07) is 2.86. The Labute approximate surface area is 217 Å². The Hall–Kier alpha value is -3.43. The second-order valence-electron chi connectivity index (χ2n) is 8.51. The number of fused-ring (bicyclic) bond motifs is 1. The van der Waals surface area contributed by atoms with Crippen molar-refractivity contribution in [3.05, 3.63) is 51.4 Å². The van der Waals surface area contributed by atoms with Gasteiger partial charge in [-0.25, -0.2) is 4.98 Å². The quantitative estimate of drug-likeness (QED) is 0.430. The number of hydrogen-bond donors (Lipinski definition) is 1. The zero-order valence-electron chi connectivity index (χ0n) is 19.9. The number of carbonyl (C=O) groups excluding carboxylic acids is 2. The van der Waals surface area contributed by atoms with Crippen LogP contribution in [0.1, 0.15) is 19.3 Å². The largest absolute Gasteiger partial charge is 0.495 e. The molecule has 1 aliphatic rings. The van der Waals surface area contributed by atoms with Crippen LogP contribution >= 0.6 is 23.2 Å². The standard InChI is InChI=1S/C25H24Cl2N4O5/c1-5-14(32)6-12-7-15(33)9-17(12)29-25-28-11-13-8-16(24(34)31(2)23(13)30-25)20-21(26)18(35-3)10-19(36-4)22(20)27/h5,8,10-12,17H,1,6-7,9H2,2-4H3,(H,28,29,30). The van der Waals surface area contributed by atoms with Gasteiger partial charge in [0.25, 0.3) is 5.56 Å². The summed E-state index contributed by atoms with van der Waals surface area (Å²) >= 11 is 13.1. The van der Waals surface area contributed by atoms with Gasteiger partial charge in [0.1, 0.15) is 22.9 Å². The molecule has 2 aromatic heterocycles. The first-order valence-electron chi connectivity index (χ1n) is 11.1. The number of allylic oxidation sites excluding steroid dienone is 1. The van der Waals surface area contributed by atoms with Gasteiger partial charge in [-0.2, -0.15) is 4.98 Å². The number of Topliss-reactive ketones (excluding diaryl/α,β-unsaturated/α-hetero) is 1. The van der Waals surface area contributed by atoms with Gasteiger partial charge in [0, 0.05) is 55.6 Å². The summed E-state index contributed by atoms with van der Waals surface area (Å²) in [5, 5.41) is 4.07. The number of carbonyl (C=O) groups is 2. The summed E-state index contributed by atoms with van der Waals surface area (Å²) in [5.41, 5.74) is 0.479. The predicted octanol–water partition coefficient (Wildman–Crippen LogP) is 4.22. The molecule has 2 heterocycles. The van der Waals surface area contributed by atoms with E-state index >= 15 is 0 Å². The third-order valence-corrected chi connectivity index (χ3v) is 7.05. The van der Waals surface area contributed by atoms with Crippen molar-refractivity contribution in [2.75, 3.05) is 19.5 Å². The second kappa shape index (κ2) is 10.3. The van der Waals surface area contributed by atoms with E-state index in [1.54, 1.807) is 25.4 Å². The first kappa shape index (κ1) is 25.7. The summed E-state index contributed by atoms with van der Waals surface area (Å²) in [4.78, 5) is 46.2. The number of ether oxygens (including phenoxy) is 2. The van der Waals surface area contributed by atoms with Crippen LogP contribution in [0.5, 0.6) is 11.5 Å². The van der Waals surface area contributed by atoms with Crippen molar-refractivity contribution in [3.63, 3.8) is 0 Å². The minimum absolute atomic E-state index is 0.0645. The van der Waals surface area contributed by atoms with Gasteiger partial charge < -0.3 is 14.8 Å². The molecule has 9 nitrogen and oxygen atoms in total. The van der Waals surface area contributed by atoms with Crippen molar-refractivity contribution >= 4 is 51.8 Å². The lowest BCUT2D eigenvalue weighted by atomic mass is 9.97. The minimum Gasteiger partial charge on any atom is -0.495 e. The molecule has 11 heteroatoms. The average Bonchev–Trinajstić information content (AvgIpc) is 3.20. The molecule has 1 N–H and O–H groups in total. The Morgan fingerprint density at radius 3 is 2.47 bits per heavy atom. The number of methoxy groups -OCH3 is 2. The van der Waals surface area contributed by atoms with Crippen molar-refractivity contribution in [2.45, 2.75) is 25.3 Å². The molecule has 0 amide bonds. The van der Waals surface area contributed by atoms with Crippen LogP contribution in [-0.4, -0.2) is 46.4 Å². The molecule has 0 bridgehead atoms. The van der Waals surface area contributed by atoms with Crippen molar-refractivity contribution in [3.8, 4) is 22.6 Å². The van der Waals surface area contributed by atoms with Gasteiger partial charge in [0.05, 0.1) is 29.8 Å². The van der Waals surface area contributed by atoms with E-state index in [2.05, 4.69) is 21.9 Å². The third-order valence-electron chi connectivity index (χ3n) is 6.30. The highest BCUT2D eigenvalue weighted by Crippen LogP contribution is 2.45. The summed E-state index contributed by atoms with van der Waals surface area (Å²) in [5.74, 6) is 0.626. The van der Waals surface area contributed by atoms with Crippen LogP contribution in [0.3, 0.4) is 0 Å². The number of ketones is 2. The second-order valence-corrected chi connectivity index (χ2v) is 9.27. The van der Waals surface area contributed by atoms with E-state index in [4.69, 9.17) is 32.7 Å². The smallest absolute Gasteiger partial charge is 0.259 e. The van der Waals surface area contributed by atoms with E-state index in [-0.39, 0.29) is 63.5 Å². The van der Waals surface area contributed by atoms with Crippen LogP contribution in [0.4, 0.5) is 5.95 Å². The molecule has 4 rings (SSSR count). The van der Waals surface area contributed by atoms with E-state index in [0.29, 0.717) is 29.0 Å². The maximum absolute atomic E-state index is 13.4. The maximum Gasteiger partial charge on any atom is 0.259 e. The van der Waals surface area contributed by atoms with Crippen LogP contribution in [0.25, 0.3) is 22.2 Å². The molecule has 2 unspecified atom stereocenters. The van der Waals surface area contributed by atoms with E-state index < -0.39 is 5.56 Å². The maximum atomic E-state index is 13.4. The summed E-state index contributed by atoms with van der Waals surface area (Å²) < 4.78 is 12.0. The fourth-order valence-corrected chi connectivity index (χ4v) is 5.14. The van der Waals surface area contributed by atoms with Crippen molar-refractivity contribution in [1.29, 1.82) is 0 Å². The molecule has 0 aliphatic heterocycles. The Morgan fingerprint density at radius 1 is 1.19 bits per heavy atom. The normalized spacial score (nSPS) is 17.3. The number of nitrogens with one attached hydrogen (secondary N) is 1. The van der Waals surface area contributed by atoms with Crippen LogP contribution in [0.15, 0.2) is 35.8 Å². The average molecular weight is 531 g/mol. The van der Waals surface area contributed by atoms with Gasteiger partial charge in [-0.3, -0.25) is 19.0 Å². The molecule has 188 valence electrons. The Bertz CT molecular complexity index is 1420. The topological polar surface area (TPSA) is 112 Å². The Balaban J connectivity index is 1.76. The monoisotopic (exact) mass is 530 g/mol. The van der Waals surface area contributed by atoms with E-state index in [1.807, 2.05) is 0 Å². The molecule has 1 aliphatic carbocycles. The fourth-order valence-electron chi connectivity index (χ4n) is 4.44. The van der Waals surface area contributed by atoms with Gasteiger partial charge in [-0.1, -0.05) is 29.8 Å². The van der Waals surface area contributed by atoms with E-state index in [1.165, 1.54) is 24.9 Å². The van der Waals surface area contributed by atoms with Crippen molar-refractivity contribution < 1.29 is 19.1 Å². The Kier molecular flexibility index (Phi) is 7.33. The van der Waals surface area contributed by atoms with Crippen LogP contribution in [0.2, 0.25) is 10.0 Å². The fraction of sp³-hybridized carbons (Fsp3) is 0.320. The molecule has 0 saturated heterocycles. The number of aryl methyl sites for hydroxylation is 1. The molecule has 1 saturated carbocycles. The van der Waals surface area contributed by atoms with E-state index in [0.717, 1.165) is 0 Å². The van der Waals surface area contributed by atoms with Gasteiger partial charge in [0.2, 0.25) is 5.95 Å². The Morgan fingerprint density at radius 2 is 1.86 bits per heavy atom. The summed E-state index contributed by atoms with van der Waals surface area (Å²) in [6.45, 7) is 3.50. The molecule has 0 spiro atoms. The highest BCUT2D eigenvalue weighted by atomic mass is 35.5. The highest BCUT2D eigenvalue weighted by molar-refractivity contribution is 6.41. The zero-order chi connectivity index (χ0) is 26.1. The lowest BCUT2D eigenvalue weighted by Crippen LogP contribution is -2.27. The van der Waals surface area contributed by atoms with Crippen LogP contribution in [0, 0.1) is 5.92 Å².